The number of nitrogens with zero attached hydrogens (tertiary/aromatic N) is 3. The summed E-state index contributed by atoms with van der Waals surface area (Å²) in [6.07, 6.45) is 10.2. The Hall–Kier alpha value is -1.92. The molecule has 2 aromatic rings. The first-order chi connectivity index (χ1) is 15.5. The fraction of sp³-hybridized carbons (Fsp3) is 0.500. The second kappa shape index (κ2) is 9.14. The zero-order chi connectivity index (χ0) is 22.2. The third-order valence-electron chi connectivity index (χ3n) is 7.19. The molecule has 3 fully saturated rings. The molecule has 168 valence electrons. The van der Waals surface area contributed by atoms with Gasteiger partial charge in [0.15, 0.2) is 0 Å². The molecule has 1 saturated carbocycles. The highest BCUT2D eigenvalue weighted by atomic mass is 32.2. The maximum absolute atomic E-state index is 13.4. The van der Waals surface area contributed by atoms with Crippen LogP contribution in [0.25, 0.3) is 17.0 Å². The van der Waals surface area contributed by atoms with Gasteiger partial charge in [0.05, 0.1) is 10.4 Å². The molecule has 2 aliphatic heterocycles. The van der Waals surface area contributed by atoms with Gasteiger partial charge in [-0.05, 0) is 56.2 Å². The van der Waals surface area contributed by atoms with Gasteiger partial charge in [0, 0.05) is 30.1 Å². The van der Waals surface area contributed by atoms with Crippen LogP contribution in [0.4, 0.5) is 5.82 Å². The zero-order valence-corrected chi connectivity index (χ0v) is 20.6. The number of aryl methyl sites for hydroxylation is 1. The SMILES string of the molecule is Cc1cccc2cc(/C=C3\SC(=S)N(C4CCCCC4)C3=O)c(N3CCC(C)CC3)nc12. The normalized spacial score (nSPS) is 22.5. The van der Waals surface area contributed by atoms with E-state index in [0.29, 0.717) is 4.32 Å². The molecule has 6 heteroatoms. The van der Waals surface area contributed by atoms with Gasteiger partial charge in [-0.3, -0.25) is 9.69 Å². The molecule has 1 aliphatic carbocycles. The van der Waals surface area contributed by atoms with Crippen LogP contribution >= 0.6 is 24.0 Å². The van der Waals surface area contributed by atoms with E-state index in [1.807, 2.05) is 11.0 Å². The van der Waals surface area contributed by atoms with Crippen LogP contribution in [-0.4, -0.2) is 39.2 Å². The van der Waals surface area contributed by atoms with Crippen molar-refractivity contribution >= 4 is 57.0 Å². The van der Waals surface area contributed by atoms with Gasteiger partial charge in [0.1, 0.15) is 10.1 Å². The van der Waals surface area contributed by atoms with Gasteiger partial charge in [-0.1, -0.05) is 68.4 Å². The average Bonchev–Trinajstić information content (AvgIpc) is 3.07. The summed E-state index contributed by atoms with van der Waals surface area (Å²) in [5, 5.41) is 1.12. The van der Waals surface area contributed by atoms with Crippen molar-refractivity contribution in [2.75, 3.05) is 18.0 Å². The summed E-state index contributed by atoms with van der Waals surface area (Å²) in [6.45, 7) is 6.46. The van der Waals surface area contributed by atoms with Gasteiger partial charge in [-0.15, -0.1) is 0 Å². The molecule has 5 rings (SSSR count). The van der Waals surface area contributed by atoms with Crippen LogP contribution < -0.4 is 4.90 Å². The summed E-state index contributed by atoms with van der Waals surface area (Å²) in [5.41, 5.74) is 3.26. The number of thiocarbonyl (C=S) groups is 1. The van der Waals surface area contributed by atoms with Crippen molar-refractivity contribution in [3.05, 3.63) is 40.3 Å². The molecule has 0 N–H and O–H groups in total. The van der Waals surface area contributed by atoms with Gasteiger partial charge >= 0.3 is 0 Å². The Balaban J connectivity index is 1.54. The van der Waals surface area contributed by atoms with E-state index in [1.165, 1.54) is 49.4 Å². The van der Waals surface area contributed by atoms with Crippen molar-refractivity contribution in [3.63, 3.8) is 0 Å². The van der Waals surface area contributed by atoms with Crippen LogP contribution in [0.15, 0.2) is 29.2 Å². The van der Waals surface area contributed by atoms with E-state index in [1.54, 1.807) is 0 Å². The van der Waals surface area contributed by atoms with Gasteiger partial charge in [0.2, 0.25) is 0 Å². The van der Waals surface area contributed by atoms with Crippen molar-refractivity contribution in [2.45, 2.75) is 64.8 Å². The van der Waals surface area contributed by atoms with Gasteiger partial charge in [0.25, 0.3) is 5.91 Å². The molecule has 0 unspecified atom stereocenters. The van der Waals surface area contributed by atoms with Crippen LogP contribution in [0.5, 0.6) is 0 Å². The van der Waals surface area contributed by atoms with Crippen molar-refractivity contribution < 1.29 is 4.79 Å². The van der Waals surface area contributed by atoms with E-state index < -0.39 is 0 Å². The third kappa shape index (κ3) is 4.19. The molecule has 32 heavy (non-hydrogen) atoms. The van der Waals surface area contributed by atoms with Crippen molar-refractivity contribution in [1.82, 2.24) is 9.88 Å². The topological polar surface area (TPSA) is 36.4 Å². The minimum atomic E-state index is 0.0782. The number of fused-ring (bicyclic) bond motifs is 1. The second-order valence-electron chi connectivity index (χ2n) is 9.56. The first-order valence-corrected chi connectivity index (χ1v) is 13.2. The van der Waals surface area contributed by atoms with Crippen LogP contribution in [0.1, 0.15) is 63.0 Å². The number of piperidine rings is 1. The van der Waals surface area contributed by atoms with Crippen LogP contribution in [0, 0.1) is 12.8 Å². The fourth-order valence-electron chi connectivity index (χ4n) is 5.21. The Labute approximate surface area is 200 Å². The number of pyridine rings is 1. The number of thioether (sulfide) groups is 1. The molecule has 0 spiro atoms. The fourth-order valence-corrected chi connectivity index (χ4v) is 6.60. The number of amides is 1. The van der Waals surface area contributed by atoms with E-state index in [0.717, 1.165) is 59.0 Å². The summed E-state index contributed by atoms with van der Waals surface area (Å²) < 4.78 is 0.714. The molecule has 0 bridgehead atoms. The van der Waals surface area contributed by atoms with E-state index in [-0.39, 0.29) is 11.9 Å². The zero-order valence-electron chi connectivity index (χ0n) is 19.0. The number of benzene rings is 1. The first kappa shape index (κ1) is 21.9. The maximum atomic E-state index is 13.4. The summed E-state index contributed by atoms with van der Waals surface area (Å²) in [6, 6.07) is 8.78. The van der Waals surface area contributed by atoms with E-state index >= 15 is 0 Å². The molecule has 1 amide bonds. The number of hydrogen-bond acceptors (Lipinski definition) is 5. The monoisotopic (exact) mass is 465 g/mol. The van der Waals surface area contributed by atoms with Crippen molar-refractivity contribution in [3.8, 4) is 0 Å². The smallest absolute Gasteiger partial charge is 0.266 e. The largest absolute Gasteiger partial charge is 0.356 e. The maximum Gasteiger partial charge on any atom is 0.266 e. The molecule has 3 aliphatic rings. The Morgan fingerprint density at radius 2 is 1.88 bits per heavy atom. The van der Waals surface area contributed by atoms with E-state index in [4.69, 9.17) is 17.2 Å². The van der Waals surface area contributed by atoms with Gasteiger partial charge in [-0.2, -0.15) is 0 Å². The Bertz CT molecular complexity index is 1080. The highest BCUT2D eigenvalue weighted by Crippen LogP contribution is 2.39. The predicted octanol–water partition coefficient (Wildman–Crippen LogP) is 6.31. The van der Waals surface area contributed by atoms with Crippen LogP contribution in [-0.2, 0) is 4.79 Å². The molecule has 1 aromatic heterocycles. The Morgan fingerprint density at radius 3 is 2.62 bits per heavy atom. The molecule has 0 radical (unpaired) electrons. The summed E-state index contributed by atoms with van der Waals surface area (Å²) >= 11 is 7.12. The number of rotatable bonds is 3. The number of para-hydroxylation sites is 1. The molecule has 0 atom stereocenters. The number of carbonyl (C=O) groups is 1. The van der Waals surface area contributed by atoms with Crippen LogP contribution in [0.3, 0.4) is 0 Å². The molecular weight excluding hydrogens is 434 g/mol. The highest BCUT2D eigenvalue weighted by Gasteiger charge is 2.37. The van der Waals surface area contributed by atoms with E-state index in [9.17, 15) is 4.79 Å². The molecule has 4 nitrogen and oxygen atoms in total. The lowest BCUT2D eigenvalue weighted by Crippen LogP contribution is -2.39. The number of aromatic nitrogens is 1. The number of carbonyl (C=O) groups excluding carboxylic acids is 1. The third-order valence-corrected chi connectivity index (χ3v) is 8.52. The summed E-state index contributed by atoms with van der Waals surface area (Å²) in [4.78, 5) is 23.5. The number of anilines is 1. The van der Waals surface area contributed by atoms with Gasteiger partial charge < -0.3 is 4.90 Å². The standard InChI is InChI=1S/C26H31N3OS2/c1-17-11-13-28(14-12-17)24-20(15-19-8-6-7-18(2)23(19)27-24)16-22-25(30)29(26(31)32-22)21-9-4-3-5-10-21/h6-8,15-17,21H,3-5,9-14H2,1-2H3/b22-16-. The molecular formula is C26H31N3OS2. The van der Waals surface area contributed by atoms with Crippen LogP contribution in [0.2, 0.25) is 0 Å². The first-order valence-electron chi connectivity index (χ1n) is 11.9. The van der Waals surface area contributed by atoms with Gasteiger partial charge in [-0.25, -0.2) is 4.98 Å². The molecule has 2 saturated heterocycles. The molecule has 3 heterocycles. The minimum absolute atomic E-state index is 0.0782. The van der Waals surface area contributed by atoms with E-state index in [2.05, 4.69) is 43.0 Å². The van der Waals surface area contributed by atoms with Crippen molar-refractivity contribution in [2.24, 2.45) is 5.92 Å². The predicted molar refractivity (Wildman–Crippen MR) is 139 cm³/mol. The molecule has 1 aromatic carbocycles. The lowest BCUT2D eigenvalue weighted by molar-refractivity contribution is -0.124. The summed E-state index contributed by atoms with van der Waals surface area (Å²) in [7, 11) is 0. The average molecular weight is 466 g/mol. The second-order valence-corrected chi connectivity index (χ2v) is 11.2. The highest BCUT2D eigenvalue weighted by molar-refractivity contribution is 8.26. The summed E-state index contributed by atoms with van der Waals surface area (Å²) in [5.74, 6) is 1.83. The van der Waals surface area contributed by atoms with Crippen molar-refractivity contribution in [1.29, 1.82) is 0 Å². The quantitative estimate of drug-likeness (QED) is 0.392. The Morgan fingerprint density at radius 1 is 1.12 bits per heavy atom. The minimum Gasteiger partial charge on any atom is -0.356 e. The Kier molecular flexibility index (Phi) is 6.26. The lowest BCUT2D eigenvalue weighted by atomic mass is 9.94. The lowest BCUT2D eigenvalue weighted by Gasteiger charge is -2.32. The number of hydrogen-bond donors (Lipinski definition) is 0.